The van der Waals surface area contributed by atoms with E-state index in [2.05, 4.69) is 10.6 Å². The van der Waals surface area contributed by atoms with Gasteiger partial charge >= 0.3 is 0 Å². The van der Waals surface area contributed by atoms with Gasteiger partial charge in [0.25, 0.3) is 5.91 Å². The Hall–Kier alpha value is -2.82. The quantitative estimate of drug-likeness (QED) is 0.889. The first-order valence-electron chi connectivity index (χ1n) is 7.36. The molecule has 0 bridgehead atoms. The van der Waals surface area contributed by atoms with Crippen molar-refractivity contribution < 1.29 is 14.3 Å². The van der Waals surface area contributed by atoms with Gasteiger partial charge in [-0.05, 0) is 49.7 Å². The zero-order valence-corrected chi connectivity index (χ0v) is 13.4. The predicted molar refractivity (Wildman–Crippen MR) is 90.6 cm³/mol. The summed E-state index contributed by atoms with van der Waals surface area (Å²) in [5.41, 5.74) is 2.30. The molecule has 0 aliphatic rings. The minimum absolute atomic E-state index is 0.137. The van der Waals surface area contributed by atoms with Gasteiger partial charge in [0, 0.05) is 18.3 Å². The molecule has 120 valence electrons. The van der Waals surface area contributed by atoms with Gasteiger partial charge in [-0.3, -0.25) is 9.59 Å². The molecule has 23 heavy (non-hydrogen) atoms. The molecule has 0 fully saturated rings. The highest BCUT2D eigenvalue weighted by Gasteiger charge is 2.15. The zero-order chi connectivity index (χ0) is 16.8. The van der Waals surface area contributed by atoms with Gasteiger partial charge in [0.2, 0.25) is 5.91 Å². The molecule has 0 saturated heterocycles. The molecule has 0 aromatic heterocycles. The molecule has 2 aromatic rings. The normalized spacial score (nSPS) is 11.4. The van der Waals surface area contributed by atoms with Crippen molar-refractivity contribution in [1.29, 1.82) is 0 Å². The minimum atomic E-state index is -0.619. The first kappa shape index (κ1) is 16.5. The van der Waals surface area contributed by atoms with Crippen LogP contribution in [0.4, 0.5) is 11.4 Å². The highest BCUT2D eigenvalue weighted by molar-refractivity contribution is 5.94. The lowest BCUT2D eigenvalue weighted by Gasteiger charge is -2.16. The number of hydrogen-bond acceptors (Lipinski definition) is 3. The Balaban J connectivity index is 1.95. The third-order valence-corrected chi connectivity index (χ3v) is 3.24. The summed E-state index contributed by atoms with van der Waals surface area (Å²) >= 11 is 0. The van der Waals surface area contributed by atoms with Crippen LogP contribution in [-0.4, -0.2) is 17.9 Å². The Labute approximate surface area is 135 Å². The van der Waals surface area contributed by atoms with Crippen LogP contribution in [0.5, 0.6) is 5.75 Å². The smallest absolute Gasteiger partial charge is 0.265 e. The van der Waals surface area contributed by atoms with E-state index in [1.165, 1.54) is 6.92 Å². The van der Waals surface area contributed by atoms with Gasteiger partial charge in [0.15, 0.2) is 6.10 Å². The highest BCUT2D eigenvalue weighted by atomic mass is 16.5. The van der Waals surface area contributed by atoms with Crippen molar-refractivity contribution in [3.05, 3.63) is 54.1 Å². The van der Waals surface area contributed by atoms with Crippen LogP contribution in [-0.2, 0) is 9.59 Å². The van der Waals surface area contributed by atoms with Crippen molar-refractivity contribution in [2.24, 2.45) is 0 Å². The zero-order valence-electron chi connectivity index (χ0n) is 13.4. The van der Waals surface area contributed by atoms with Crippen LogP contribution >= 0.6 is 0 Å². The second kappa shape index (κ2) is 7.45. The molecule has 2 aromatic carbocycles. The van der Waals surface area contributed by atoms with Crippen molar-refractivity contribution in [3.63, 3.8) is 0 Å². The van der Waals surface area contributed by atoms with Crippen LogP contribution < -0.4 is 15.4 Å². The summed E-state index contributed by atoms with van der Waals surface area (Å²) in [5.74, 6) is 0.318. The van der Waals surface area contributed by atoms with E-state index in [1.54, 1.807) is 31.2 Å². The number of para-hydroxylation sites is 1. The molecule has 2 amide bonds. The van der Waals surface area contributed by atoms with E-state index in [1.807, 2.05) is 31.2 Å². The fourth-order valence-electron chi connectivity index (χ4n) is 2.02. The molecule has 2 rings (SSSR count). The molecule has 1 atom stereocenters. The molecular formula is C18H20N2O3. The second-order valence-corrected chi connectivity index (χ2v) is 5.27. The number of carbonyl (C=O) groups is 2. The SMILES string of the molecule is CC(=O)Nc1ccc(NC(=O)[C@@H](C)Oc2ccccc2C)cc1. The van der Waals surface area contributed by atoms with E-state index in [0.29, 0.717) is 17.1 Å². The minimum Gasteiger partial charge on any atom is -0.481 e. The Morgan fingerprint density at radius 3 is 2.09 bits per heavy atom. The number of nitrogens with one attached hydrogen (secondary N) is 2. The fourth-order valence-corrected chi connectivity index (χ4v) is 2.02. The Morgan fingerprint density at radius 1 is 0.957 bits per heavy atom. The van der Waals surface area contributed by atoms with Crippen molar-refractivity contribution in [2.75, 3.05) is 10.6 Å². The van der Waals surface area contributed by atoms with E-state index in [4.69, 9.17) is 4.74 Å². The predicted octanol–water partition coefficient (Wildman–Crippen LogP) is 3.36. The number of benzene rings is 2. The molecule has 0 aliphatic carbocycles. The summed E-state index contributed by atoms with van der Waals surface area (Å²) in [6.45, 7) is 5.08. The van der Waals surface area contributed by atoms with E-state index in [9.17, 15) is 9.59 Å². The molecule has 0 unspecified atom stereocenters. The molecule has 0 radical (unpaired) electrons. The van der Waals surface area contributed by atoms with Crippen LogP contribution in [0.3, 0.4) is 0 Å². The van der Waals surface area contributed by atoms with Gasteiger partial charge in [0.1, 0.15) is 5.75 Å². The first-order chi connectivity index (χ1) is 11.0. The highest BCUT2D eigenvalue weighted by Crippen LogP contribution is 2.19. The van der Waals surface area contributed by atoms with Crippen LogP contribution in [0, 0.1) is 6.92 Å². The summed E-state index contributed by atoms with van der Waals surface area (Å²) in [6, 6.07) is 14.5. The number of amides is 2. The van der Waals surface area contributed by atoms with Crippen LogP contribution in [0.2, 0.25) is 0 Å². The van der Waals surface area contributed by atoms with Crippen molar-refractivity contribution >= 4 is 23.2 Å². The monoisotopic (exact) mass is 312 g/mol. The lowest BCUT2D eigenvalue weighted by molar-refractivity contribution is -0.122. The molecular weight excluding hydrogens is 292 g/mol. The number of ether oxygens (including phenoxy) is 1. The topological polar surface area (TPSA) is 67.4 Å². The van der Waals surface area contributed by atoms with E-state index >= 15 is 0 Å². The number of hydrogen-bond donors (Lipinski definition) is 2. The van der Waals surface area contributed by atoms with Crippen molar-refractivity contribution in [3.8, 4) is 5.75 Å². The maximum absolute atomic E-state index is 12.2. The van der Waals surface area contributed by atoms with Gasteiger partial charge in [0.05, 0.1) is 0 Å². The van der Waals surface area contributed by atoms with Gasteiger partial charge in [-0.1, -0.05) is 18.2 Å². The third-order valence-electron chi connectivity index (χ3n) is 3.24. The molecule has 5 heteroatoms. The lowest BCUT2D eigenvalue weighted by Crippen LogP contribution is -2.30. The summed E-state index contributed by atoms with van der Waals surface area (Å²) in [7, 11) is 0. The maximum atomic E-state index is 12.2. The molecule has 0 spiro atoms. The molecule has 0 heterocycles. The first-order valence-corrected chi connectivity index (χ1v) is 7.36. The molecule has 0 aliphatic heterocycles. The van der Waals surface area contributed by atoms with Crippen LogP contribution in [0.15, 0.2) is 48.5 Å². The number of anilines is 2. The van der Waals surface area contributed by atoms with Crippen LogP contribution in [0.25, 0.3) is 0 Å². The largest absolute Gasteiger partial charge is 0.481 e. The van der Waals surface area contributed by atoms with Crippen molar-refractivity contribution in [2.45, 2.75) is 26.9 Å². The van der Waals surface area contributed by atoms with Gasteiger partial charge < -0.3 is 15.4 Å². The van der Waals surface area contributed by atoms with Crippen molar-refractivity contribution in [1.82, 2.24) is 0 Å². The number of aryl methyl sites for hydroxylation is 1. The Morgan fingerprint density at radius 2 is 1.52 bits per heavy atom. The third kappa shape index (κ3) is 4.85. The Bertz CT molecular complexity index is 696. The summed E-state index contributed by atoms with van der Waals surface area (Å²) in [4.78, 5) is 23.2. The summed E-state index contributed by atoms with van der Waals surface area (Å²) in [5, 5.41) is 5.46. The van der Waals surface area contributed by atoms with Gasteiger partial charge in [-0.25, -0.2) is 0 Å². The number of carbonyl (C=O) groups excluding carboxylic acids is 2. The van der Waals surface area contributed by atoms with E-state index < -0.39 is 6.10 Å². The van der Waals surface area contributed by atoms with E-state index in [-0.39, 0.29) is 11.8 Å². The molecule has 0 saturated carbocycles. The lowest BCUT2D eigenvalue weighted by atomic mass is 10.2. The standard InChI is InChI=1S/C18H20N2O3/c1-12-6-4-5-7-17(12)23-13(2)18(22)20-16-10-8-15(9-11-16)19-14(3)21/h4-11,13H,1-3H3,(H,19,21)(H,20,22)/t13-/m1/s1. The Kier molecular flexibility index (Phi) is 5.36. The van der Waals surface area contributed by atoms with Crippen LogP contribution in [0.1, 0.15) is 19.4 Å². The second-order valence-electron chi connectivity index (χ2n) is 5.27. The average molecular weight is 312 g/mol. The number of rotatable bonds is 5. The summed E-state index contributed by atoms with van der Waals surface area (Å²) in [6.07, 6.45) is -0.619. The van der Waals surface area contributed by atoms with Gasteiger partial charge in [-0.15, -0.1) is 0 Å². The van der Waals surface area contributed by atoms with Gasteiger partial charge in [-0.2, -0.15) is 0 Å². The molecule has 2 N–H and O–H groups in total. The average Bonchev–Trinajstić information content (AvgIpc) is 2.51. The van der Waals surface area contributed by atoms with E-state index in [0.717, 1.165) is 5.56 Å². The maximum Gasteiger partial charge on any atom is 0.265 e. The fraction of sp³-hybridized carbons (Fsp3) is 0.222. The molecule has 5 nitrogen and oxygen atoms in total. The summed E-state index contributed by atoms with van der Waals surface area (Å²) < 4.78 is 5.69.